The summed E-state index contributed by atoms with van der Waals surface area (Å²) in [5.41, 5.74) is 2.85. The number of carbonyl (C=O) groups is 3. The van der Waals surface area contributed by atoms with Crippen LogP contribution in [0.25, 0.3) is 0 Å². The topological polar surface area (TPSA) is 105 Å². The number of hydrogen-bond acceptors (Lipinski definition) is 6. The molecule has 6 rings (SSSR count). The number of carboxylic acids is 1. The summed E-state index contributed by atoms with van der Waals surface area (Å²) in [6.45, 7) is 3.73. The summed E-state index contributed by atoms with van der Waals surface area (Å²) in [5, 5.41) is 15.3. The minimum Gasteiger partial charge on any atom is -0.480 e. The molecule has 4 atom stereocenters. The molecule has 2 amide bonds. The van der Waals surface area contributed by atoms with Crippen molar-refractivity contribution in [3.05, 3.63) is 111 Å². The van der Waals surface area contributed by atoms with Gasteiger partial charge in [0, 0.05) is 22.0 Å². The number of urea groups is 1. The quantitative estimate of drug-likeness (QED) is 0.248. The molecule has 0 bridgehead atoms. The molecular formula is C32H27FN2O6S. The second-order valence-electron chi connectivity index (χ2n) is 10.4. The van der Waals surface area contributed by atoms with Crippen LogP contribution in [0.15, 0.2) is 78.2 Å². The average Bonchev–Trinajstić information content (AvgIpc) is 3.70. The van der Waals surface area contributed by atoms with E-state index in [-0.39, 0.29) is 18.3 Å². The first-order valence-corrected chi connectivity index (χ1v) is 14.2. The van der Waals surface area contributed by atoms with Crippen LogP contribution in [-0.4, -0.2) is 40.6 Å². The second kappa shape index (κ2) is 10.9. The van der Waals surface area contributed by atoms with Gasteiger partial charge in [-0.3, -0.25) is 4.79 Å². The molecule has 1 fully saturated rings. The smallest absolute Gasteiger partial charge is 0.327 e. The van der Waals surface area contributed by atoms with Gasteiger partial charge in [0.15, 0.2) is 17.3 Å². The number of thiophene rings is 1. The summed E-state index contributed by atoms with van der Waals surface area (Å²) >= 11 is 1.36. The first-order chi connectivity index (χ1) is 20.2. The lowest BCUT2D eigenvalue weighted by molar-refractivity contribution is -0.142. The zero-order chi connectivity index (χ0) is 29.5. The number of carboxylic acid groups (broad SMARTS) is 1. The molecule has 2 aliphatic heterocycles. The molecule has 4 aromatic rings. The Kier molecular flexibility index (Phi) is 7.16. The van der Waals surface area contributed by atoms with Gasteiger partial charge in [-0.05, 0) is 78.4 Å². The van der Waals surface area contributed by atoms with Crippen molar-refractivity contribution in [2.75, 3.05) is 12.1 Å². The molecule has 1 saturated heterocycles. The number of anilines is 1. The number of carbonyl (C=O) groups excluding carboxylic acids is 2. The monoisotopic (exact) mass is 586 g/mol. The van der Waals surface area contributed by atoms with Crippen molar-refractivity contribution in [3.8, 4) is 11.5 Å². The number of amides is 2. The molecule has 2 aliphatic rings. The highest BCUT2D eigenvalue weighted by molar-refractivity contribution is 7.10. The predicted molar refractivity (Wildman–Crippen MR) is 155 cm³/mol. The summed E-state index contributed by atoms with van der Waals surface area (Å²) in [5.74, 6) is -2.84. The van der Waals surface area contributed by atoms with Crippen molar-refractivity contribution >= 4 is 34.8 Å². The number of aryl methyl sites for hydroxylation is 2. The number of ether oxygens (including phenoxy) is 2. The van der Waals surface area contributed by atoms with Gasteiger partial charge in [0.25, 0.3) is 0 Å². The molecule has 1 aromatic heterocycles. The highest BCUT2D eigenvalue weighted by Gasteiger charge is 2.58. The number of Topliss-reactive ketones (excluding diaryl/α,β-unsaturated/α-hetero) is 1. The van der Waals surface area contributed by atoms with Gasteiger partial charge >= 0.3 is 12.0 Å². The van der Waals surface area contributed by atoms with Crippen LogP contribution in [0.4, 0.5) is 14.9 Å². The largest absolute Gasteiger partial charge is 0.480 e. The Balaban J connectivity index is 1.56. The van der Waals surface area contributed by atoms with Crippen LogP contribution in [-0.2, 0) is 4.79 Å². The lowest BCUT2D eigenvalue weighted by atomic mass is 9.77. The van der Waals surface area contributed by atoms with E-state index in [4.69, 9.17) is 9.47 Å². The highest BCUT2D eigenvalue weighted by atomic mass is 32.1. The van der Waals surface area contributed by atoms with Gasteiger partial charge < -0.3 is 24.8 Å². The van der Waals surface area contributed by atoms with Gasteiger partial charge in [-0.25, -0.2) is 14.0 Å². The number of rotatable bonds is 6. The summed E-state index contributed by atoms with van der Waals surface area (Å²) < 4.78 is 24.7. The lowest BCUT2D eigenvalue weighted by Crippen LogP contribution is -2.45. The number of halogens is 1. The molecule has 0 radical (unpaired) electrons. The molecule has 3 aromatic carbocycles. The number of benzene rings is 3. The van der Waals surface area contributed by atoms with E-state index in [1.807, 2.05) is 37.4 Å². The second-order valence-corrected chi connectivity index (χ2v) is 11.3. The summed E-state index contributed by atoms with van der Waals surface area (Å²) in [7, 11) is 0. The first-order valence-electron chi connectivity index (χ1n) is 13.4. The third-order valence-electron chi connectivity index (χ3n) is 7.91. The molecular weight excluding hydrogens is 559 g/mol. The van der Waals surface area contributed by atoms with Crippen LogP contribution in [0.1, 0.15) is 43.9 Å². The van der Waals surface area contributed by atoms with Crippen LogP contribution in [0.3, 0.4) is 0 Å². The molecule has 214 valence electrons. The standard InChI is InChI=1S/C32H27FN2O6S/c1-17-5-3-4-6-22(17)29(36)25-26(30-18(2)13-14-42-30)28(31(37)38)35(32(39)34-21-10-8-20(33)9-11-21)27(25)19-7-12-23-24(15-19)41-16-40-23/h3-15,25-28H,16H2,1-2H3,(H,34,39)(H,37,38). The SMILES string of the molecule is Cc1ccccc1C(=O)C1C(c2sccc2C)C(C(=O)O)N(C(=O)Nc2ccc(F)cc2)C1c1ccc2c(c1)OCO2. The van der Waals surface area contributed by atoms with E-state index in [1.165, 1.54) is 40.5 Å². The third kappa shape index (κ3) is 4.77. The summed E-state index contributed by atoms with van der Waals surface area (Å²) in [4.78, 5) is 43.8. The predicted octanol–water partition coefficient (Wildman–Crippen LogP) is 6.56. The average molecular weight is 587 g/mol. The first kappa shape index (κ1) is 27.5. The number of likely N-dealkylation sites (tertiary alicyclic amines) is 1. The molecule has 0 aliphatic carbocycles. The molecule has 4 unspecified atom stereocenters. The zero-order valence-corrected chi connectivity index (χ0v) is 23.6. The maximum Gasteiger partial charge on any atom is 0.327 e. The van der Waals surface area contributed by atoms with Gasteiger partial charge in [-0.2, -0.15) is 0 Å². The Morgan fingerprint density at radius 2 is 1.69 bits per heavy atom. The van der Waals surface area contributed by atoms with Crippen LogP contribution in [0, 0.1) is 25.6 Å². The van der Waals surface area contributed by atoms with Crippen LogP contribution < -0.4 is 14.8 Å². The number of hydrogen-bond donors (Lipinski definition) is 2. The summed E-state index contributed by atoms with van der Waals surface area (Å²) in [6, 6.07) is 16.3. The van der Waals surface area contributed by atoms with Crippen molar-refractivity contribution in [1.29, 1.82) is 0 Å². The number of nitrogens with one attached hydrogen (secondary N) is 1. The highest BCUT2D eigenvalue weighted by Crippen LogP contribution is 2.54. The Morgan fingerprint density at radius 3 is 2.38 bits per heavy atom. The zero-order valence-electron chi connectivity index (χ0n) is 22.7. The maximum absolute atomic E-state index is 14.6. The Labute approximate surface area is 245 Å². The van der Waals surface area contributed by atoms with E-state index in [0.717, 1.165) is 16.0 Å². The van der Waals surface area contributed by atoms with Gasteiger partial charge in [0.05, 0.1) is 12.0 Å². The molecule has 0 spiro atoms. The molecule has 3 heterocycles. The summed E-state index contributed by atoms with van der Waals surface area (Å²) in [6.07, 6.45) is 0. The van der Waals surface area contributed by atoms with Gasteiger partial charge in [0.2, 0.25) is 6.79 Å². The number of ketones is 1. The van der Waals surface area contributed by atoms with Crippen molar-refractivity contribution in [3.63, 3.8) is 0 Å². The Hall–Kier alpha value is -4.70. The van der Waals surface area contributed by atoms with E-state index >= 15 is 0 Å². The molecule has 10 heteroatoms. The van der Waals surface area contributed by atoms with E-state index in [9.17, 15) is 23.9 Å². The van der Waals surface area contributed by atoms with Crippen molar-refractivity contribution in [1.82, 2.24) is 4.90 Å². The normalized spacial score (nSPS) is 20.9. The number of aliphatic carboxylic acids is 1. The van der Waals surface area contributed by atoms with Gasteiger partial charge in [0.1, 0.15) is 11.9 Å². The van der Waals surface area contributed by atoms with E-state index in [1.54, 1.807) is 30.3 Å². The minimum absolute atomic E-state index is 0.0263. The molecule has 8 nitrogen and oxygen atoms in total. The lowest BCUT2D eigenvalue weighted by Gasteiger charge is -2.30. The fraction of sp³-hybridized carbons (Fsp3) is 0.219. The number of fused-ring (bicyclic) bond motifs is 1. The maximum atomic E-state index is 14.6. The molecule has 42 heavy (non-hydrogen) atoms. The molecule has 0 saturated carbocycles. The van der Waals surface area contributed by atoms with Crippen LogP contribution >= 0.6 is 11.3 Å². The Bertz CT molecular complexity index is 1690. The van der Waals surface area contributed by atoms with E-state index in [0.29, 0.717) is 22.6 Å². The minimum atomic E-state index is -1.39. The van der Waals surface area contributed by atoms with Crippen molar-refractivity contribution in [2.24, 2.45) is 5.92 Å². The van der Waals surface area contributed by atoms with Crippen molar-refractivity contribution < 1.29 is 33.4 Å². The third-order valence-corrected chi connectivity index (χ3v) is 9.03. The van der Waals surface area contributed by atoms with Crippen LogP contribution in [0.5, 0.6) is 11.5 Å². The van der Waals surface area contributed by atoms with Crippen LogP contribution in [0.2, 0.25) is 0 Å². The van der Waals surface area contributed by atoms with E-state index in [2.05, 4.69) is 5.32 Å². The fourth-order valence-corrected chi connectivity index (χ4v) is 7.10. The fourth-order valence-electron chi connectivity index (χ4n) is 5.99. The van der Waals surface area contributed by atoms with E-state index < -0.39 is 41.7 Å². The van der Waals surface area contributed by atoms with Crippen molar-refractivity contribution in [2.45, 2.75) is 31.8 Å². The van der Waals surface area contributed by atoms with Gasteiger partial charge in [-0.1, -0.05) is 30.3 Å². The Morgan fingerprint density at radius 1 is 0.952 bits per heavy atom. The number of nitrogens with zero attached hydrogens (tertiary/aromatic N) is 1. The molecule has 2 N–H and O–H groups in total. The van der Waals surface area contributed by atoms with Gasteiger partial charge in [-0.15, -0.1) is 11.3 Å².